The smallest absolute Gasteiger partial charge is 0.150 e. The fraction of sp³-hybridized carbons (Fsp3) is 0.316. The number of nitrogens with two attached hydrogens (primary N) is 2. The van der Waals surface area contributed by atoms with Crippen molar-refractivity contribution in [1.82, 2.24) is 0 Å². The van der Waals surface area contributed by atoms with Crippen LogP contribution in [0.5, 0.6) is 11.5 Å². The number of carbonyl (C=O) groups is 1. The Morgan fingerprint density at radius 1 is 0.885 bits per heavy atom. The number of benzene rings is 2. The zero-order chi connectivity index (χ0) is 19.3. The van der Waals surface area contributed by atoms with Crippen molar-refractivity contribution in [2.24, 2.45) is 11.5 Å². The summed E-state index contributed by atoms with van der Waals surface area (Å²) in [5.74, 6) is -2.91. The number of rotatable bonds is 8. The Morgan fingerprint density at radius 2 is 1.27 bits per heavy atom. The van der Waals surface area contributed by atoms with Crippen LogP contribution in [0.1, 0.15) is 23.0 Å². The largest absolute Gasteiger partial charge is 0.497 e. The predicted octanol–water partition coefficient (Wildman–Crippen LogP) is 2.34. The van der Waals surface area contributed by atoms with Crippen molar-refractivity contribution in [1.29, 1.82) is 0 Å². The Hall–Kier alpha value is -2.51. The van der Waals surface area contributed by atoms with E-state index in [1.54, 1.807) is 12.1 Å². The molecule has 0 saturated carbocycles. The Morgan fingerprint density at radius 3 is 1.54 bits per heavy atom. The van der Waals surface area contributed by atoms with Crippen molar-refractivity contribution in [3.63, 3.8) is 0 Å². The maximum Gasteiger partial charge on any atom is 0.150 e. The summed E-state index contributed by atoms with van der Waals surface area (Å²) in [5, 5.41) is 0. The highest BCUT2D eigenvalue weighted by Crippen LogP contribution is 2.31. The van der Waals surface area contributed by atoms with Crippen LogP contribution in [0.3, 0.4) is 0 Å². The quantitative estimate of drug-likeness (QED) is 0.751. The van der Waals surface area contributed by atoms with Gasteiger partial charge < -0.3 is 20.9 Å². The molecule has 7 heteroatoms. The van der Waals surface area contributed by atoms with Crippen molar-refractivity contribution >= 4 is 5.78 Å². The number of ketones is 1. The van der Waals surface area contributed by atoms with E-state index >= 15 is 0 Å². The van der Waals surface area contributed by atoms with E-state index < -0.39 is 29.3 Å². The molecular weight excluding hydrogens is 342 g/mol. The second kappa shape index (κ2) is 8.73. The van der Waals surface area contributed by atoms with Crippen molar-refractivity contribution in [3.8, 4) is 11.5 Å². The van der Waals surface area contributed by atoms with Crippen molar-refractivity contribution in [3.05, 3.63) is 59.2 Å². The molecule has 2 aromatic carbocycles. The summed E-state index contributed by atoms with van der Waals surface area (Å²) >= 11 is 0. The van der Waals surface area contributed by atoms with Gasteiger partial charge in [-0.15, -0.1) is 0 Å². The zero-order valence-electron chi connectivity index (χ0n) is 14.7. The first-order valence-electron chi connectivity index (χ1n) is 8.07. The second-order valence-electron chi connectivity index (χ2n) is 5.75. The van der Waals surface area contributed by atoms with Crippen LogP contribution in [-0.4, -0.2) is 33.1 Å². The summed E-state index contributed by atoms with van der Waals surface area (Å²) in [5.41, 5.74) is 11.7. The van der Waals surface area contributed by atoms with Gasteiger partial charge in [0.25, 0.3) is 0 Å². The van der Waals surface area contributed by atoms with Crippen molar-refractivity contribution in [2.45, 2.75) is 11.8 Å². The first-order valence-corrected chi connectivity index (χ1v) is 8.07. The van der Waals surface area contributed by atoms with Crippen LogP contribution in [0.15, 0.2) is 36.4 Å². The standard InChI is InChI=1S/C19H22F2N2O3/c1-25-11-3-5-13(17(20)7-11)15(9-22)19(24)16(10-23)14-6-4-12(26-2)8-18(14)21/h3-8,15-16H,9-10,22-23H2,1-2H3. The summed E-state index contributed by atoms with van der Waals surface area (Å²) < 4.78 is 38.7. The Balaban J connectivity index is 2.39. The molecular formula is C19H22F2N2O3. The summed E-state index contributed by atoms with van der Waals surface area (Å²) in [4.78, 5) is 13.0. The SMILES string of the molecule is COc1ccc(C(CN)C(=O)C(CN)c2ccc(OC)cc2F)c(F)c1. The third kappa shape index (κ3) is 4.00. The Bertz CT molecular complexity index is 720. The van der Waals surface area contributed by atoms with E-state index in [4.69, 9.17) is 20.9 Å². The van der Waals surface area contributed by atoms with E-state index in [1.165, 1.54) is 38.5 Å². The predicted molar refractivity (Wildman–Crippen MR) is 94.5 cm³/mol. The van der Waals surface area contributed by atoms with E-state index in [-0.39, 0.29) is 24.2 Å². The molecule has 26 heavy (non-hydrogen) atoms. The number of methoxy groups -OCH3 is 2. The van der Waals surface area contributed by atoms with Crippen LogP contribution in [0.25, 0.3) is 0 Å². The van der Waals surface area contributed by atoms with Gasteiger partial charge in [-0.25, -0.2) is 8.78 Å². The Labute approximate surface area is 150 Å². The molecule has 0 aliphatic heterocycles. The van der Waals surface area contributed by atoms with Gasteiger partial charge in [-0.3, -0.25) is 4.79 Å². The van der Waals surface area contributed by atoms with Crippen molar-refractivity contribution < 1.29 is 23.0 Å². The number of hydrogen-bond donors (Lipinski definition) is 2. The van der Waals surface area contributed by atoms with Crippen LogP contribution in [0.4, 0.5) is 8.78 Å². The number of hydrogen-bond acceptors (Lipinski definition) is 5. The molecule has 0 amide bonds. The third-order valence-corrected chi connectivity index (χ3v) is 4.32. The molecule has 0 bridgehead atoms. The zero-order valence-corrected chi connectivity index (χ0v) is 14.7. The van der Waals surface area contributed by atoms with Gasteiger partial charge in [-0.1, -0.05) is 12.1 Å². The minimum atomic E-state index is -0.948. The van der Waals surface area contributed by atoms with Gasteiger partial charge in [0.05, 0.1) is 26.1 Å². The second-order valence-corrected chi connectivity index (χ2v) is 5.75. The molecule has 0 saturated heterocycles. The molecule has 2 atom stereocenters. The topological polar surface area (TPSA) is 87.6 Å². The van der Waals surface area contributed by atoms with E-state index in [0.29, 0.717) is 11.5 Å². The molecule has 140 valence electrons. The summed E-state index contributed by atoms with van der Waals surface area (Å²) in [6.07, 6.45) is 0. The molecule has 2 rings (SSSR count). The summed E-state index contributed by atoms with van der Waals surface area (Å²) in [6.45, 7) is -0.257. The fourth-order valence-electron chi connectivity index (χ4n) is 2.87. The summed E-state index contributed by atoms with van der Waals surface area (Å²) in [6, 6.07) is 8.33. The molecule has 0 fully saturated rings. The van der Waals surface area contributed by atoms with E-state index in [1.807, 2.05) is 0 Å². The van der Waals surface area contributed by atoms with Crippen LogP contribution >= 0.6 is 0 Å². The average molecular weight is 364 g/mol. The molecule has 2 unspecified atom stereocenters. The van der Waals surface area contributed by atoms with Crippen LogP contribution in [0, 0.1) is 11.6 Å². The Kier molecular flexibility index (Phi) is 6.65. The first-order chi connectivity index (χ1) is 12.5. The molecule has 5 nitrogen and oxygen atoms in total. The van der Waals surface area contributed by atoms with E-state index in [9.17, 15) is 13.6 Å². The van der Waals surface area contributed by atoms with E-state index in [0.717, 1.165) is 0 Å². The molecule has 0 aliphatic rings. The lowest BCUT2D eigenvalue weighted by atomic mass is 9.83. The maximum atomic E-state index is 14.4. The molecule has 0 radical (unpaired) electrons. The van der Waals surface area contributed by atoms with Gasteiger partial charge in [0.2, 0.25) is 0 Å². The van der Waals surface area contributed by atoms with Crippen LogP contribution in [0.2, 0.25) is 0 Å². The molecule has 0 aliphatic carbocycles. The normalized spacial score (nSPS) is 13.2. The highest BCUT2D eigenvalue weighted by Gasteiger charge is 2.31. The number of halogens is 2. The van der Waals surface area contributed by atoms with Gasteiger partial charge in [0.1, 0.15) is 23.1 Å². The minimum absolute atomic E-state index is 0.129. The molecule has 0 aromatic heterocycles. The first kappa shape index (κ1) is 19.8. The molecule has 0 heterocycles. The van der Waals surface area contributed by atoms with E-state index in [2.05, 4.69) is 0 Å². The van der Waals surface area contributed by atoms with Crippen LogP contribution in [-0.2, 0) is 4.79 Å². The fourth-order valence-corrected chi connectivity index (χ4v) is 2.87. The maximum absolute atomic E-state index is 14.4. The van der Waals surface area contributed by atoms with Gasteiger partial charge in [-0.2, -0.15) is 0 Å². The molecule has 4 N–H and O–H groups in total. The lowest BCUT2D eigenvalue weighted by Crippen LogP contribution is -2.31. The monoisotopic (exact) mass is 364 g/mol. The van der Waals surface area contributed by atoms with Gasteiger partial charge in [0, 0.05) is 25.2 Å². The number of Topliss-reactive ketones (excluding diaryl/α,β-unsaturated/α-hetero) is 1. The number of ether oxygens (including phenoxy) is 2. The third-order valence-electron chi connectivity index (χ3n) is 4.32. The molecule has 2 aromatic rings. The number of carbonyl (C=O) groups excluding carboxylic acids is 1. The van der Waals surface area contributed by atoms with Crippen molar-refractivity contribution in [2.75, 3.05) is 27.3 Å². The van der Waals surface area contributed by atoms with Gasteiger partial charge >= 0.3 is 0 Å². The minimum Gasteiger partial charge on any atom is -0.497 e. The average Bonchev–Trinajstić information content (AvgIpc) is 2.65. The van der Waals surface area contributed by atoms with Crippen LogP contribution < -0.4 is 20.9 Å². The van der Waals surface area contributed by atoms with Gasteiger partial charge in [-0.05, 0) is 23.3 Å². The van der Waals surface area contributed by atoms with Gasteiger partial charge in [0.15, 0.2) is 5.78 Å². The lowest BCUT2D eigenvalue weighted by molar-refractivity contribution is -0.121. The summed E-state index contributed by atoms with van der Waals surface area (Å²) in [7, 11) is 2.83. The highest BCUT2D eigenvalue weighted by molar-refractivity contribution is 5.92. The highest BCUT2D eigenvalue weighted by atomic mass is 19.1. The molecule has 0 spiro atoms. The lowest BCUT2D eigenvalue weighted by Gasteiger charge is -2.22.